The zero-order valence-corrected chi connectivity index (χ0v) is 7.81. The molecular formula is C10H9FOS. The van der Waals surface area contributed by atoms with Crippen molar-refractivity contribution < 1.29 is 9.50 Å². The highest BCUT2D eigenvalue weighted by molar-refractivity contribution is 7.80. The Balaban J connectivity index is 2.99. The molecular weight excluding hydrogens is 187 g/mol. The topological polar surface area (TPSA) is 20.2 Å². The van der Waals surface area contributed by atoms with Gasteiger partial charge in [0.1, 0.15) is 5.82 Å². The fourth-order valence-corrected chi connectivity index (χ4v) is 0.994. The van der Waals surface area contributed by atoms with Crippen molar-refractivity contribution in [3.05, 3.63) is 35.1 Å². The first-order valence-electron chi connectivity index (χ1n) is 3.77. The zero-order valence-electron chi connectivity index (χ0n) is 6.92. The van der Waals surface area contributed by atoms with E-state index in [0.717, 1.165) is 0 Å². The quantitative estimate of drug-likeness (QED) is 0.516. The number of hydrogen-bond donors (Lipinski definition) is 2. The van der Waals surface area contributed by atoms with E-state index < -0.39 is 5.82 Å². The second-order valence-electron chi connectivity index (χ2n) is 2.42. The molecule has 0 amide bonds. The minimum atomic E-state index is -0.404. The van der Waals surface area contributed by atoms with Crippen molar-refractivity contribution in [2.75, 3.05) is 5.75 Å². The summed E-state index contributed by atoms with van der Waals surface area (Å²) in [6.45, 7) is -0.303. The standard InChI is InChI=1S/C10H9FOS/c11-10-4-3-8(2-1-5-13)6-9(10)7-12/h3-4,6,12-13H,5,7H2. The van der Waals surface area contributed by atoms with Crippen LogP contribution in [-0.4, -0.2) is 10.9 Å². The van der Waals surface area contributed by atoms with Gasteiger partial charge in [-0.1, -0.05) is 11.8 Å². The SMILES string of the molecule is OCc1cc(C#CCS)ccc1F. The molecule has 0 spiro atoms. The molecule has 0 saturated carbocycles. The summed E-state index contributed by atoms with van der Waals surface area (Å²) in [5.74, 6) is 5.60. The zero-order chi connectivity index (χ0) is 9.68. The first-order valence-corrected chi connectivity index (χ1v) is 4.40. The average Bonchev–Trinajstić information content (AvgIpc) is 2.16. The first-order chi connectivity index (χ1) is 6.27. The number of aliphatic hydroxyl groups excluding tert-OH is 1. The van der Waals surface area contributed by atoms with Crippen LogP contribution >= 0.6 is 12.6 Å². The molecule has 0 unspecified atom stereocenters. The van der Waals surface area contributed by atoms with Crippen LogP contribution in [0.1, 0.15) is 11.1 Å². The maximum Gasteiger partial charge on any atom is 0.128 e. The van der Waals surface area contributed by atoms with Crippen LogP contribution in [0.15, 0.2) is 18.2 Å². The molecule has 0 radical (unpaired) electrons. The van der Waals surface area contributed by atoms with E-state index in [9.17, 15) is 4.39 Å². The summed E-state index contributed by atoms with van der Waals surface area (Å²) in [5, 5.41) is 8.77. The number of thiol groups is 1. The molecule has 68 valence electrons. The first kappa shape index (κ1) is 10.1. The summed E-state index contributed by atoms with van der Waals surface area (Å²) in [7, 11) is 0. The van der Waals surface area contributed by atoms with Gasteiger partial charge in [0.25, 0.3) is 0 Å². The molecule has 0 aliphatic carbocycles. The van der Waals surface area contributed by atoms with E-state index in [1.165, 1.54) is 12.1 Å². The van der Waals surface area contributed by atoms with Gasteiger partial charge in [-0.3, -0.25) is 0 Å². The largest absolute Gasteiger partial charge is 0.392 e. The smallest absolute Gasteiger partial charge is 0.128 e. The molecule has 1 N–H and O–H groups in total. The highest BCUT2D eigenvalue weighted by Gasteiger charge is 1.99. The van der Waals surface area contributed by atoms with E-state index >= 15 is 0 Å². The van der Waals surface area contributed by atoms with Crippen molar-refractivity contribution in [1.82, 2.24) is 0 Å². The van der Waals surface area contributed by atoms with E-state index in [2.05, 4.69) is 24.5 Å². The molecule has 1 nitrogen and oxygen atoms in total. The van der Waals surface area contributed by atoms with Gasteiger partial charge in [-0.15, -0.1) is 0 Å². The van der Waals surface area contributed by atoms with Gasteiger partial charge in [-0.05, 0) is 18.2 Å². The third kappa shape index (κ3) is 2.76. The summed E-state index contributed by atoms with van der Waals surface area (Å²) in [5.41, 5.74) is 0.963. The van der Waals surface area contributed by atoms with Crippen molar-refractivity contribution in [3.8, 4) is 11.8 Å². The minimum absolute atomic E-state index is 0.269. The maximum atomic E-state index is 12.9. The number of halogens is 1. The third-order valence-corrected chi connectivity index (χ3v) is 1.69. The Labute approximate surface area is 82.0 Å². The van der Waals surface area contributed by atoms with E-state index in [0.29, 0.717) is 11.3 Å². The predicted octanol–water partition coefficient (Wildman–Crippen LogP) is 1.60. The Bertz CT molecular complexity index is 352. The van der Waals surface area contributed by atoms with Gasteiger partial charge in [0.2, 0.25) is 0 Å². The lowest BCUT2D eigenvalue weighted by Crippen LogP contribution is -1.90. The molecule has 0 bridgehead atoms. The Hall–Kier alpha value is -0.980. The van der Waals surface area contributed by atoms with E-state index in [4.69, 9.17) is 5.11 Å². The summed E-state index contributed by atoms with van der Waals surface area (Å²) in [6.07, 6.45) is 0. The molecule has 0 heterocycles. The van der Waals surface area contributed by atoms with Gasteiger partial charge in [-0.25, -0.2) is 4.39 Å². The fraction of sp³-hybridized carbons (Fsp3) is 0.200. The van der Waals surface area contributed by atoms with Crippen LogP contribution < -0.4 is 0 Å². The van der Waals surface area contributed by atoms with Crippen LogP contribution in [0.3, 0.4) is 0 Å². The van der Waals surface area contributed by atoms with Crippen LogP contribution in [0.4, 0.5) is 4.39 Å². The lowest BCUT2D eigenvalue weighted by Gasteiger charge is -1.98. The highest BCUT2D eigenvalue weighted by Crippen LogP contribution is 2.09. The Morgan fingerprint density at radius 1 is 1.46 bits per heavy atom. The van der Waals surface area contributed by atoms with E-state index in [1.807, 2.05) is 0 Å². The molecule has 0 aliphatic heterocycles. The Morgan fingerprint density at radius 3 is 2.85 bits per heavy atom. The number of rotatable bonds is 1. The third-order valence-electron chi connectivity index (χ3n) is 1.53. The normalized spacial score (nSPS) is 9.15. The molecule has 1 aromatic carbocycles. The minimum Gasteiger partial charge on any atom is -0.392 e. The monoisotopic (exact) mass is 196 g/mol. The molecule has 0 aliphatic rings. The molecule has 3 heteroatoms. The van der Waals surface area contributed by atoms with Gasteiger partial charge in [0, 0.05) is 11.1 Å². The second-order valence-corrected chi connectivity index (χ2v) is 2.74. The Morgan fingerprint density at radius 2 is 2.23 bits per heavy atom. The van der Waals surface area contributed by atoms with Crippen molar-refractivity contribution in [3.63, 3.8) is 0 Å². The molecule has 1 rings (SSSR count). The molecule has 0 saturated heterocycles. The van der Waals surface area contributed by atoms with Crippen molar-refractivity contribution in [2.45, 2.75) is 6.61 Å². The van der Waals surface area contributed by atoms with Gasteiger partial charge >= 0.3 is 0 Å². The lowest BCUT2D eigenvalue weighted by atomic mass is 10.1. The van der Waals surface area contributed by atoms with Gasteiger partial charge < -0.3 is 5.11 Å². The number of hydrogen-bond acceptors (Lipinski definition) is 2. The van der Waals surface area contributed by atoms with E-state index in [1.54, 1.807) is 6.07 Å². The fourth-order valence-electron chi connectivity index (χ4n) is 0.915. The van der Waals surface area contributed by atoms with Gasteiger partial charge in [-0.2, -0.15) is 12.6 Å². The number of benzene rings is 1. The lowest BCUT2D eigenvalue weighted by molar-refractivity contribution is 0.275. The van der Waals surface area contributed by atoms with Crippen LogP contribution in [-0.2, 0) is 6.61 Å². The Kier molecular flexibility index (Phi) is 3.81. The second kappa shape index (κ2) is 4.90. The summed E-state index contributed by atoms with van der Waals surface area (Å²) < 4.78 is 12.9. The van der Waals surface area contributed by atoms with Crippen molar-refractivity contribution in [1.29, 1.82) is 0 Å². The number of aliphatic hydroxyl groups is 1. The highest BCUT2D eigenvalue weighted by atomic mass is 32.1. The van der Waals surface area contributed by atoms with Gasteiger partial charge in [0.15, 0.2) is 0 Å². The maximum absolute atomic E-state index is 12.9. The summed E-state index contributed by atoms with van der Waals surface area (Å²) in [4.78, 5) is 0. The van der Waals surface area contributed by atoms with Crippen molar-refractivity contribution >= 4 is 12.6 Å². The van der Waals surface area contributed by atoms with Crippen LogP contribution in [0.25, 0.3) is 0 Å². The molecule has 0 atom stereocenters. The summed E-state index contributed by atoms with van der Waals surface area (Å²) in [6, 6.07) is 4.41. The van der Waals surface area contributed by atoms with Crippen LogP contribution in [0.5, 0.6) is 0 Å². The predicted molar refractivity (Wildman–Crippen MR) is 53.1 cm³/mol. The molecule has 0 aromatic heterocycles. The van der Waals surface area contributed by atoms with Gasteiger partial charge in [0.05, 0.1) is 12.4 Å². The van der Waals surface area contributed by atoms with Crippen molar-refractivity contribution in [2.24, 2.45) is 0 Å². The van der Waals surface area contributed by atoms with E-state index in [-0.39, 0.29) is 12.2 Å². The molecule has 0 fully saturated rings. The molecule has 13 heavy (non-hydrogen) atoms. The van der Waals surface area contributed by atoms with Crippen LogP contribution in [0.2, 0.25) is 0 Å². The molecule has 1 aromatic rings. The van der Waals surface area contributed by atoms with Crippen LogP contribution in [0, 0.1) is 17.7 Å². The summed E-state index contributed by atoms with van der Waals surface area (Å²) >= 11 is 3.92. The average molecular weight is 196 g/mol.